The predicted octanol–water partition coefficient (Wildman–Crippen LogP) is 1.59. The Morgan fingerprint density at radius 2 is 2.11 bits per heavy atom. The molecule has 1 fully saturated rings. The third kappa shape index (κ3) is 3.15. The van der Waals surface area contributed by atoms with Gasteiger partial charge in [0.15, 0.2) is 0 Å². The van der Waals surface area contributed by atoms with Crippen LogP contribution in [0.15, 0.2) is 30.5 Å². The number of hydrogen-bond acceptors (Lipinski definition) is 3. The molecule has 19 heavy (non-hydrogen) atoms. The van der Waals surface area contributed by atoms with Crippen molar-refractivity contribution < 1.29 is 4.74 Å². The Hall–Kier alpha value is -1.36. The highest BCUT2D eigenvalue weighted by Gasteiger charge is 2.09. The lowest BCUT2D eigenvalue weighted by atomic mass is 10.1. The molecule has 3 rings (SSSR count). The quantitative estimate of drug-likeness (QED) is 0.801. The lowest BCUT2D eigenvalue weighted by Crippen LogP contribution is -2.40. The summed E-state index contributed by atoms with van der Waals surface area (Å²) < 4.78 is 5.35. The molecule has 0 radical (unpaired) electrons. The number of fused-ring (bicyclic) bond motifs is 1. The summed E-state index contributed by atoms with van der Waals surface area (Å²) in [6.07, 6.45) is 2.00. The Kier molecular flexibility index (Phi) is 4.13. The van der Waals surface area contributed by atoms with Crippen LogP contribution in [0.25, 0.3) is 10.9 Å². The molecule has 1 aromatic carbocycles. The molecule has 0 amide bonds. The summed E-state index contributed by atoms with van der Waals surface area (Å²) in [6, 6.07) is 8.57. The van der Waals surface area contributed by atoms with Gasteiger partial charge in [-0.15, -0.1) is 0 Å². The zero-order valence-electron chi connectivity index (χ0n) is 11.2. The van der Waals surface area contributed by atoms with Crippen molar-refractivity contribution >= 4 is 10.9 Å². The van der Waals surface area contributed by atoms with Gasteiger partial charge in [0, 0.05) is 49.8 Å². The van der Waals surface area contributed by atoms with E-state index < -0.39 is 0 Å². The van der Waals surface area contributed by atoms with E-state index in [-0.39, 0.29) is 0 Å². The first-order chi connectivity index (χ1) is 9.43. The number of rotatable bonds is 5. The maximum Gasteiger partial charge on any atom is 0.0594 e. The molecular weight excluding hydrogens is 238 g/mol. The number of nitrogens with zero attached hydrogens (tertiary/aromatic N) is 1. The Morgan fingerprint density at radius 3 is 3.00 bits per heavy atom. The molecule has 1 aromatic heterocycles. The Balaban J connectivity index is 1.48. The number of aromatic nitrogens is 1. The number of nitrogens with one attached hydrogen (secondary N) is 2. The van der Waals surface area contributed by atoms with Crippen molar-refractivity contribution in [3.05, 3.63) is 36.0 Å². The number of hydrogen-bond donors (Lipinski definition) is 2. The predicted molar refractivity (Wildman–Crippen MR) is 77.3 cm³/mol. The zero-order valence-corrected chi connectivity index (χ0v) is 11.2. The van der Waals surface area contributed by atoms with Gasteiger partial charge in [0.05, 0.1) is 13.2 Å². The summed E-state index contributed by atoms with van der Waals surface area (Å²) in [5, 5.41) is 4.86. The number of benzene rings is 1. The SMILES string of the molecule is c1cc(CNCCN2CCOCC2)c2cc[nH]c2c1. The number of H-pyrrole nitrogens is 1. The van der Waals surface area contributed by atoms with E-state index in [0.717, 1.165) is 45.9 Å². The van der Waals surface area contributed by atoms with Gasteiger partial charge in [-0.05, 0) is 17.7 Å². The summed E-state index contributed by atoms with van der Waals surface area (Å²) in [5.41, 5.74) is 2.58. The molecule has 1 aliphatic heterocycles. The third-order valence-corrected chi connectivity index (χ3v) is 3.71. The second-order valence-corrected chi connectivity index (χ2v) is 4.99. The van der Waals surface area contributed by atoms with Crippen molar-refractivity contribution in [2.24, 2.45) is 0 Å². The van der Waals surface area contributed by atoms with E-state index in [1.807, 2.05) is 6.20 Å². The molecule has 0 spiro atoms. The van der Waals surface area contributed by atoms with Gasteiger partial charge in [0.2, 0.25) is 0 Å². The van der Waals surface area contributed by atoms with Crippen LogP contribution in [0.5, 0.6) is 0 Å². The highest BCUT2D eigenvalue weighted by molar-refractivity contribution is 5.82. The molecule has 2 N–H and O–H groups in total. The zero-order chi connectivity index (χ0) is 12.9. The Morgan fingerprint density at radius 1 is 1.21 bits per heavy atom. The van der Waals surface area contributed by atoms with Crippen LogP contribution in [-0.4, -0.2) is 49.3 Å². The van der Waals surface area contributed by atoms with E-state index in [9.17, 15) is 0 Å². The Bertz CT molecular complexity index is 517. The van der Waals surface area contributed by atoms with E-state index in [1.54, 1.807) is 0 Å². The second-order valence-electron chi connectivity index (χ2n) is 4.99. The van der Waals surface area contributed by atoms with Crippen LogP contribution in [0.4, 0.5) is 0 Å². The van der Waals surface area contributed by atoms with Crippen LogP contribution in [0.2, 0.25) is 0 Å². The number of morpholine rings is 1. The van der Waals surface area contributed by atoms with E-state index in [1.165, 1.54) is 16.5 Å². The van der Waals surface area contributed by atoms with E-state index in [0.29, 0.717) is 0 Å². The normalized spacial score (nSPS) is 17.1. The van der Waals surface area contributed by atoms with Gasteiger partial charge in [-0.25, -0.2) is 0 Å². The van der Waals surface area contributed by atoms with Crippen LogP contribution in [0.1, 0.15) is 5.56 Å². The fraction of sp³-hybridized carbons (Fsp3) is 0.467. The maximum absolute atomic E-state index is 5.35. The largest absolute Gasteiger partial charge is 0.379 e. The first-order valence-electron chi connectivity index (χ1n) is 6.99. The standard InChI is InChI=1S/C15H21N3O/c1-2-13(14-4-5-17-15(14)3-1)12-16-6-7-18-8-10-19-11-9-18/h1-5,16-17H,6-12H2. The molecule has 102 valence electrons. The van der Waals surface area contributed by atoms with Crippen LogP contribution in [0, 0.1) is 0 Å². The minimum absolute atomic E-state index is 0.878. The fourth-order valence-electron chi connectivity index (χ4n) is 2.59. The molecule has 1 saturated heterocycles. The van der Waals surface area contributed by atoms with Crippen LogP contribution < -0.4 is 5.32 Å². The number of ether oxygens (including phenoxy) is 1. The minimum Gasteiger partial charge on any atom is -0.379 e. The van der Waals surface area contributed by atoms with Gasteiger partial charge in [0.1, 0.15) is 0 Å². The van der Waals surface area contributed by atoms with E-state index in [2.05, 4.69) is 39.5 Å². The smallest absolute Gasteiger partial charge is 0.0594 e. The summed E-state index contributed by atoms with van der Waals surface area (Å²) in [4.78, 5) is 5.70. The van der Waals surface area contributed by atoms with E-state index >= 15 is 0 Å². The topological polar surface area (TPSA) is 40.3 Å². The van der Waals surface area contributed by atoms with Crippen molar-refractivity contribution in [1.82, 2.24) is 15.2 Å². The average molecular weight is 259 g/mol. The summed E-state index contributed by atoms with van der Waals surface area (Å²) in [5.74, 6) is 0. The lowest BCUT2D eigenvalue weighted by Gasteiger charge is -2.26. The lowest BCUT2D eigenvalue weighted by molar-refractivity contribution is 0.0384. The van der Waals surface area contributed by atoms with Gasteiger partial charge in [0.25, 0.3) is 0 Å². The van der Waals surface area contributed by atoms with Crippen molar-refractivity contribution in [2.75, 3.05) is 39.4 Å². The van der Waals surface area contributed by atoms with Crippen molar-refractivity contribution in [2.45, 2.75) is 6.54 Å². The first kappa shape index (κ1) is 12.7. The molecule has 1 aliphatic rings. The molecule has 2 aromatic rings. The fourth-order valence-corrected chi connectivity index (χ4v) is 2.59. The van der Waals surface area contributed by atoms with Gasteiger partial charge in [-0.3, -0.25) is 4.90 Å². The maximum atomic E-state index is 5.35. The highest BCUT2D eigenvalue weighted by Crippen LogP contribution is 2.16. The van der Waals surface area contributed by atoms with Crippen molar-refractivity contribution in [3.63, 3.8) is 0 Å². The minimum atomic E-state index is 0.878. The van der Waals surface area contributed by atoms with Crippen molar-refractivity contribution in [3.8, 4) is 0 Å². The van der Waals surface area contributed by atoms with Crippen LogP contribution in [-0.2, 0) is 11.3 Å². The molecule has 0 aliphatic carbocycles. The summed E-state index contributed by atoms with van der Waals surface area (Å²) in [6.45, 7) is 6.95. The first-order valence-corrected chi connectivity index (χ1v) is 6.99. The average Bonchev–Trinajstić information content (AvgIpc) is 2.94. The molecule has 2 heterocycles. The number of aromatic amines is 1. The second kappa shape index (κ2) is 6.19. The summed E-state index contributed by atoms with van der Waals surface area (Å²) in [7, 11) is 0. The Labute approximate surface area is 113 Å². The molecular formula is C15H21N3O. The molecule has 4 nitrogen and oxygen atoms in total. The monoisotopic (exact) mass is 259 g/mol. The molecule has 0 unspecified atom stereocenters. The molecule has 0 atom stereocenters. The van der Waals surface area contributed by atoms with Gasteiger partial charge < -0.3 is 15.0 Å². The highest BCUT2D eigenvalue weighted by atomic mass is 16.5. The van der Waals surface area contributed by atoms with E-state index in [4.69, 9.17) is 4.74 Å². The molecule has 0 bridgehead atoms. The van der Waals surface area contributed by atoms with Crippen LogP contribution in [0.3, 0.4) is 0 Å². The van der Waals surface area contributed by atoms with Gasteiger partial charge in [-0.1, -0.05) is 12.1 Å². The third-order valence-electron chi connectivity index (χ3n) is 3.71. The molecule has 4 heteroatoms. The van der Waals surface area contributed by atoms with Crippen LogP contribution >= 0.6 is 0 Å². The molecule has 0 saturated carbocycles. The van der Waals surface area contributed by atoms with Gasteiger partial charge in [-0.2, -0.15) is 0 Å². The van der Waals surface area contributed by atoms with Gasteiger partial charge >= 0.3 is 0 Å². The summed E-state index contributed by atoms with van der Waals surface area (Å²) >= 11 is 0. The van der Waals surface area contributed by atoms with Crippen molar-refractivity contribution in [1.29, 1.82) is 0 Å².